The van der Waals surface area contributed by atoms with Crippen LogP contribution in [0.1, 0.15) is 13.3 Å². The van der Waals surface area contributed by atoms with Gasteiger partial charge in [0.05, 0.1) is 6.04 Å². The molecular weight excluding hydrogens is 150 g/mol. The smallest absolute Gasteiger partial charge is 0.215 e. The number of nitrogens with zero attached hydrogens (tertiary/aromatic N) is 2. The van der Waals surface area contributed by atoms with Gasteiger partial charge >= 0.3 is 0 Å². The third-order valence-corrected chi connectivity index (χ3v) is 1.52. The Morgan fingerprint density at radius 3 is 3.00 bits per heavy atom. The average Bonchev–Trinajstić information content (AvgIpc) is 2.06. The maximum Gasteiger partial charge on any atom is 0.215 e. The van der Waals surface area contributed by atoms with E-state index in [1.54, 1.807) is 6.21 Å². The Morgan fingerprint density at radius 2 is 2.42 bits per heavy atom. The van der Waals surface area contributed by atoms with Crippen molar-refractivity contribution in [3.8, 4) is 0 Å². The van der Waals surface area contributed by atoms with E-state index in [4.69, 9.17) is 5.73 Å². The van der Waals surface area contributed by atoms with E-state index in [2.05, 4.69) is 16.1 Å². The van der Waals surface area contributed by atoms with Gasteiger partial charge in [0.15, 0.2) is 0 Å². The molecule has 0 amide bonds. The van der Waals surface area contributed by atoms with Gasteiger partial charge in [0.2, 0.25) is 5.96 Å². The molecule has 3 heteroatoms. The highest BCUT2D eigenvalue weighted by molar-refractivity contribution is 5.85. The van der Waals surface area contributed by atoms with Crippen molar-refractivity contribution in [2.45, 2.75) is 19.4 Å². The van der Waals surface area contributed by atoms with Crippen LogP contribution in [0.4, 0.5) is 0 Å². The van der Waals surface area contributed by atoms with Crippen LogP contribution in [0.25, 0.3) is 0 Å². The van der Waals surface area contributed by atoms with Crippen molar-refractivity contribution in [2.24, 2.45) is 15.7 Å². The topological polar surface area (TPSA) is 50.7 Å². The van der Waals surface area contributed by atoms with Gasteiger partial charge in [-0.25, -0.2) is 9.98 Å². The fraction of sp³-hybridized carbons (Fsp3) is 0.333. The van der Waals surface area contributed by atoms with Crippen LogP contribution in [0.5, 0.6) is 0 Å². The van der Waals surface area contributed by atoms with Gasteiger partial charge < -0.3 is 5.73 Å². The van der Waals surface area contributed by atoms with Gasteiger partial charge in [-0.05, 0) is 13.3 Å². The van der Waals surface area contributed by atoms with Crippen molar-refractivity contribution in [3.05, 3.63) is 24.3 Å². The summed E-state index contributed by atoms with van der Waals surface area (Å²) in [4.78, 5) is 8.05. The van der Waals surface area contributed by atoms with Crippen molar-refractivity contribution < 1.29 is 0 Å². The largest absolute Gasteiger partial charge is 0.368 e. The molecule has 2 N–H and O–H groups in total. The van der Waals surface area contributed by atoms with Crippen LogP contribution in [0.15, 0.2) is 34.3 Å². The molecule has 0 radical (unpaired) electrons. The van der Waals surface area contributed by atoms with Crippen LogP contribution in [0, 0.1) is 0 Å². The summed E-state index contributed by atoms with van der Waals surface area (Å²) in [6, 6.07) is 0.165. The van der Waals surface area contributed by atoms with E-state index in [1.807, 2.05) is 25.2 Å². The summed E-state index contributed by atoms with van der Waals surface area (Å²) in [5, 5.41) is 0. The Hall–Kier alpha value is -1.38. The Morgan fingerprint density at radius 1 is 1.58 bits per heavy atom. The van der Waals surface area contributed by atoms with E-state index >= 15 is 0 Å². The zero-order valence-electron chi connectivity index (χ0n) is 7.14. The molecule has 1 rings (SSSR count). The van der Waals surface area contributed by atoms with Gasteiger partial charge in [0, 0.05) is 6.21 Å². The van der Waals surface area contributed by atoms with E-state index in [9.17, 15) is 0 Å². The summed E-state index contributed by atoms with van der Waals surface area (Å²) in [6.45, 7) is 1.82. The van der Waals surface area contributed by atoms with E-state index in [0.29, 0.717) is 5.96 Å². The zero-order valence-corrected chi connectivity index (χ0v) is 7.14. The number of nitrogens with two attached hydrogens (primary N) is 1. The standard InChI is InChI=1S/C9H13N3/c1-2-11-9(10)12-8-6-4-3-5-7-8/h2-6,8H,7H2,1H3,(H2,10,12). The summed E-state index contributed by atoms with van der Waals surface area (Å²) >= 11 is 0. The molecule has 64 valence electrons. The second kappa shape index (κ2) is 4.49. The third-order valence-electron chi connectivity index (χ3n) is 1.52. The maximum atomic E-state index is 5.51. The van der Waals surface area contributed by atoms with E-state index < -0.39 is 0 Å². The number of hydrogen-bond acceptors (Lipinski definition) is 1. The van der Waals surface area contributed by atoms with E-state index in [1.165, 1.54) is 0 Å². The lowest BCUT2D eigenvalue weighted by atomic mass is 10.1. The van der Waals surface area contributed by atoms with Crippen LogP contribution < -0.4 is 5.73 Å². The first-order valence-corrected chi connectivity index (χ1v) is 3.98. The Kier molecular flexibility index (Phi) is 3.26. The Balaban J connectivity index is 2.55. The lowest BCUT2D eigenvalue weighted by Gasteiger charge is -2.06. The van der Waals surface area contributed by atoms with Gasteiger partial charge in [-0.3, -0.25) is 0 Å². The molecule has 0 fully saturated rings. The summed E-state index contributed by atoms with van der Waals surface area (Å²) in [7, 11) is 0. The minimum Gasteiger partial charge on any atom is -0.368 e. The molecular formula is C9H13N3. The van der Waals surface area contributed by atoms with E-state index in [-0.39, 0.29) is 6.04 Å². The van der Waals surface area contributed by atoms with Gasteiger partial charge in [-0.1, -0.05) is 24.3 Å². The highest BCUT2D eigenvalue weighted by Crippen LogP contribution is 2.06. The molecule has 0 aromatic heterocycles. The number of guanidine groups is 1. The molecule has 0 spiro atoms. The predicted molar refractivity (Wildman–Crippen MR) is 52.5 cm³/mol. The van der Waals surface area contributed by atoms with Crippen LogP contribution in [0.3, 0.4) is 0 Å². The number of allylic oxidation sites excluding steroid dienone is 2. The molecule has 1 aliphatic rings. The summed E-state index contributed by atoms with van der Waals surface area (Å²) < 4.78 is 0. The average molecular weight is 163 g/mol. The highest BCUT2D eigenvalue weighted by Gasteiger charge is 2.01. The molecule has 1 aliphatic carbocycles. The Labute approximate surface area is 72.4 Å². The Bertz CT molecular complexity index is 248. The number of hydrogen-bond donors (Lipinski definition) is 1. The molecule has 0 aliphatic heterocycles. The normalized spacial score (nSPS) is 23.8. The molecule has 0 heterocycles. The van der Waals surface area contributed by atoms with Crippen LogP contribution >= 0.6 is 0 Å². The minimum atomic E-state index is 0.165. The van der Waals surface area contributed by atoms with Crippen molar-refractivity contribution in [1.82, 2.24) is 0 Å². The first-order valence-electron chi connectivity index (χ1n) is 3.98. The van der Waals surface area contributed by atoms with Gasteiger partial charge in [0.1, 0.15) is 0 Å². The first-order chi connectivity index (χ1) is 5.83. The van der Waals surface area contributed by atoms with Crippen molar-refractivity contribution >= 4 is 12.2 Å². The maximum absolute atomic E-state index is 5.51. The quantitative estimate of drug-likeness (QED) is 0.459. The lowest BCUT2D eigenvalue weighted by Crippen LogP contribution is -2.13. The second-order valence-corrected chi connectivity index (χ2v) is 2.49. The molecule has 0 aromatic carbocycles. The molecule has 0 aromatic rings. The SMILES string of the molecule is CC=NC(N)=NC1C=CC=CC1. The molecule has 0 bridgehead atoms. The fourth-order valence-electron chi connectivity index (χ4n) is 0.999. The molecule has 3 nitrogen and oxygen atoms in total. The fourth-order valence-corrected chi connectivity index (χ4v) is 0.999. The van der Waals surface area contributed by atoms with Gasteiger partial charge in [-0.2, -0.15) is 0 Å². The number of rotatable bonds is 1. The van der Waals surface area contributed by atoms with Crippen molar-refractivity contribution in [3.63, 3.8) is 0 Å². The molecule has 1 unspecified atom stereocenters. The zero-order chi connectivity index (χ0) is 8.81. The summed E-state index contributed by atoms with van der Waals surface area (Å²) in [5.74, 6) is 0.349. The first kappa shape index (κ1) is 8.71. The van der Waals surface area contributed by atoms with Crippen LogP contribution in [-0.2, 0) is 0 Å². The molecule has 0 saturated carbocycles. The monoisotopic (exact) mass is 163 g/mol. The highest BCUT2D eigenvalue weighted by atomic mass is 15.0. The van der Waals surface area contributed by atoms with Crippen LogP contribution in [-0.4, -0.2) is 18.2 Å². The van der Waals surface area contributed by atoms with Crippen molar-refractivity contribution in [2.75, 3.05) is 0 Å². The van der Waals surface area contributed by atoms with Crippen LogP contribution in [0.2, 0.25) is 0 Å². The minimum absolute atomic E-state index is 0.165. The van der Waals surface area contributed by atoms with Gasteiger partial charge in [0.25, 0.3) is 0 Å². The summed E-state index contributed by atoms with van der Waals surface area (Å²) in [5.41, 5.74) is 5.51. The second-order valence-electron chi connectivity index (χ2n) is 2.49. The third kappa shape index (κ3) is 2.70. The lowest BCUT2D eigenvalue weighted by molar-refractivity contribution is 0.823. The number of aliphatic imine (C=N–C) groups is 2. The summed E-state index contributed by atoms with van der Waals surface area (Å²) in [6.07, 6.45) is 10.6. The van der Waals surface area contributed by atoms with Gasteiger partial charge in [-0.15, -0.1) is 0 Å². The molecule has 0 saturated heterocycles. The predicted octanol–water partition coefficient (Wildman–Crippen LogP) is 1.28. The van der Waals surface area contributed by atoms with E-state index in [0.717, 1.165) is 6.42 Å². The molecule has 12 heavy (non-hydrogen) atoms. The molecule has 1 atom stereocenters. The van der Waals surface area contributed by atoms with Crippen molar-refractivity contribution in [1.29, 1.82) is 0 Å².